The fraction of sp³-hybridized carbons (Fsp3) is 0.429. The molecule has 1 aliphatic carbocycles. The number of halogens is 1. The average Bonchev–Trinajstić information content (AvgIpc) is 2.39. The second-order valence-electron chi connectivity index (χ2n) is 4.83. The lowest BCUT2D eigenvalue weighted by atomic mass is 9.87. The first-order valence-electron chi connectivity index (χ1n) is 5.57. The van der Waals surface area contributed by atoms with Crippen molar-refractivity contribution in [1.29, 1.82) is 0 Å². The summed E-state index contributed by atoms with van der Waals surface area (Å²) in [6, 6.07) is 5.15. The molecule has 0 aliphatic heterocycles. The molecule has 1 heteroatoms. The Morgan fingerprint density at radius 1 is 1.27 bits per heavy atom. The van der Waals surface area contributed by atoms with Crippen molar-refractivity contribution in [1.82, 2.24) is 0 Å². The molecule has 15 heavy (non-hydrogen) atoms. The summed E-state index contributed by atoms with van der Waals surface area (Å²) in [5.41, 5.74) is 3.74. The second kappa shape index (κ2) is 3.48. The van der Waals surface area contributed by atoms with Crippen molar-refractivity contribution in [2.75, 3.05) is 0 Å². The van der Waals surface area contributed by atoms with Crippen molar-refractivity contribution in [2.24, 2.45) is 0 Å². The Balaban J connectivity index is 2.53. The molecule has 0 spiro atoms. The summed E-state index contributed by atoms with van der Waals surface area (Å²) in [5.74, 6) is -0.131. The molecule has 80 valence electrons. The third kappa shape index (κ3) is 1.71. The van der Waals surface area contributed by atoms with E-state index in [4.69, 9.17) is 0 Å². The lowest BCUT2D eigenvalue weighted by Crippen LogP contribution is -2.10. The molecule has 2 rings (SSSR count). The smallest absolute Gasteiger partial charge is 0.123 e. The van der Waals surface area contributed by atoms with Gasteiger partial charge in [-0.15, -0.1) is 0 Å². The predicted molar refractivity (Wildman–Crippen MR) is 62.3 cm³/mol. The van der Waals surface area contributed by atoms with Crippen LogP contribution in [-0.4, -0.2) is 0 Å². The highest BCUT2D eigenvalue weighted by molar-refractivity contribution is 5.76. The lowest BCUT2D eigenvalue weighted by Gasteiger charge is -2.17. The van der Waals surface area contributed by atoms with Crippen LogP contribution in [0.25, 0.3) is 5.57 Å². The van der Waals surface area contributed by atoms with Gasteiger partial charge in [-0.2, -0.15) is 0 Å². The molecule has 0 fully saturated rings. The van der Waals surface area contributed by atoms with Gasteiger partial charge in [-0.05, 0) is 35.3 Å². The van der Waals surface area contributed by atoms with Crippen LogP contribution in [-0.2, 0) is 5.41 Å². The Bertz CT molecular complexity index is 413. The van der Waals surface area contributed by atoms with E-state index in [1.165, 1.54) is 11.1 Å². The van der Waals surface area contributed by atoms with E-state index < -0.39 is 0 Å². The van der Waals surface area contributed by atoms with Crippen LogP contribution < -0.4 is 0 Å². The predicted octanol–water partition coefficient (Wildman–Crippen LogP) is 4.30. The van der Waals surface area contributed by atoms with Gasteiger partial charge in [-0.25, -0.2) is 4.39 Å². The van der Waals surface area contributed by atoms with Gasteiger partial charge in [0.2, 0.25) is 0 Å². The highest BCUT2D eigenvalue weighted by Gasteiger charge is 2.29. The zero-order valence-corrected chi connectivity index (χ0v) is 9.60. The fourth-order valence-corrected chi connectivity index (χ4v) is 2.41. The molecular formula is C14H17F. The van der Waals surface area contributed by atoms with Gasteiger partial charge < -0.3 is 0 Å². The Kier molecular flexibility index (Phi) is 2.41. The first-order valence-corrected chi connectivity index (χ1v) is 5.57. The summed E-state index contributed by atoms with van der Waals surface area (Å²) >= 11 is 0. The number of benzene rings is 1. The zero-order chi connectivity index (χ0) is 11.1. The third-order valence-corrected chi connectivity index (χ3v) is 3.08. The minimum absolute atomic E-state index is 0.0630. The molecule has 0 nitrogen and oxygen atoms in total. The van der Waals surface area contributed by atoms with Gasteiger partial charge in [0.1, 0.15) is 5.82 Å². The van der Waals surface area contributed by atoms with Crippen molar-refractivity contribution in [3.05, 3.63) is 41.2 Å². The average molecular weight is 204 g/mol. The van der Waals surface area contributed by atoms with E-state index in [2.05, 4.69) is 26.8 Å². The maximum absolute atomic E-state index is 13.2. The van der Waals surface area contributed by atoms with Gasteiger partial charge in [0.15, 0.2) is 0 Å². The Hall–Kier alpha value is -1.11. The first-order chi connectivity index (χ1) is 7.04. The molecule has 0 bridgehead atoms. The number of rotatable bonds is 2. The Labute approximate surface area is 90.8 Å². The van der Waals surface area contributed by atoms with E-state index in [1.807, 2.05) is 6.07 Å². The maximum atomic E-state index is 13.2. The van der Waals surface area contributed by atoms with Crippen LogP contribution in [0.1, 0.15) is 44.7 Å². The van der Waals surface area contributed by atoms with E-state index in [-0.39, 0.29) is 11.2 Å². The Morgan fingerprint density at radius 3 is 2.67 bits per heavy atom. The van der Waals surface area contributed by atoms with Crippen molar-refractivity contribution in [3.8, 4) is 0 Å². The minimum Gasteiger partial charge on any atom is -0.207 e. The summed E-state index contributed by atoms with van der Waals surface area (Å²) in [6.07, 6.45) is 4.43. The number of hydrogen-bond donors (Lipinski definition) is 0. The number of allylic oxidation sites excluding steroid dienone is 2. The maximum Gasteiger partial charge on any atom is 0.123 e. The van der Waals surface area contributed by atoms with Crippen molar-refractivity contribution < 1.29 is 4.39 Å². The minimum atomic E-state index is -0.131. The summed E-state index contributed by atoms with van der Waals surface area (Å²) < 4.78 is 13.2. The molecule has 0 saturated heterocycles. The van der Waals surface area contributed by atoms with Gasteiger partial charge in [0, 0.05) is 5.41 Å². The van der Waals surface area contributed by atoms with Gasteiger partial charge in [0.25, 0.3) is 0 Å². The van der Waals surface area contributed by atoms with Gasteiger partial charge in [-0.3, -0.25) is 0 Å². The van der Waals surface area contributed by atoms with Crippen LogP contribution >= 0.6 is 0 Å². The lowest BCUT2D eigenvalue weighted by molar-refractivity contribution is 0.622. The van der Waals surface area contributed by atoms with E-state index in [9.17, 15) is 4.39 Å². The van der Waals surface area contributed by atoms with E-state index in [0.717, 1.165) is 18.4 Å². The number of hydrogen-bond acceptors (Lipinski definition) is 0. The summed E-state index contributed by atoms with van der Waals surface area (Å²) in [7, 11) is 0. The van der Waals surface area contributed by atoms with Crippen LogP contribution in [0.3, 0.4) is 0 Å². The molecule has 1 aromatic rings. The summed E-state index contributed by atoms with van der Waals surface area (Å²) in [6.45, 7) is 6.53. The molecule has 0 aromatic heterocycles. The third-order valence-electron chi connectivity index (χ3n) is 3.08. The second-order valence-corrected chi connectivity index (χ2v) is 4.83. The van der Waals surface area contributed by atoms with E-state index in [1.54, 1.807) is 12.1 Å². The van der Waals surface area contributed by atoms with Gasteiger partial charge >= 0.3 is 0 Å². The van der Waals surface area contributed by atoms with Gasteiger partial charge in [0.05, 0.1) is 0 Å². The molecule has 0 N–H and O–H groups in total. The fourth-order valence-electron chi connectivity index (χ4n) is 2.41. The quantitative estimate of drug-likeness (QED) is 0.673. The standard InChI is InChI=1S/C14H17F/c1-4-5-10-9-14(2,3)13-7-6-11(15)8-12(10)13/h6-9H,4-5H2,1-3H3. The van der Waals surface area contributed by atoms with Crippen molar-refractivity contribution in [2.45, 2.75) is 39.0 Å². The topological polar surface area (TPSA) is 0 Å². The molecular weight excluding hydrogens is 187 g/mol. The first kappa shape index (κ1) is 10.4. The summed E-state index contributed by atoms with van der Waals surface area (Å²) in [5, 5.41) is 0. The van der Waals surface area contributed by atoms with Crippen LogP contribution in [0.5, 0.6) is 0 Å². The monoisotopic (exact) mass is 204 g/mol. The highest BCUT2D eigenvalue weighted by Crippen LogP contribution is 2.42. The molecule has 0 amide bonds. The van der Waals surface area contributed by atoms with Gasteiger partial charge in [-0.1, -0.05) is 39.3 Å². The molecule has 0 unspecified atom stereocenters. The van der Waals surface area contributed by atoms with Crippen LogP contribution in [0.2, 0.25) is 0 Å². The largest absolute Gasteiger partial charge is 0.207 e. The SMILES string of the molecule is CCCC1=CC(C)(C)c2ccc(F)cc21. The molecule has 0 radical (unpaired) electrons. The van der Waals surface area contributed by atoms with E-state index in [0.29, 0.717) is 0 Å². The highest BCUT2D eigenvalue weighted by atomic mass is 19.1. The van der Waals surface area contributed by atoms with Crippen LogP contribution in [0.15, 0.2) is 24.3 Å². The zero-order valence-electron chi connectivity index (χ0n) is 9.60. The van der Waals surface area contributed by atoms with Crippen molar-refractivity contribution >= 4 is 5.57 Å². The van der Waals surface area contributed by atoms with Crippen LogP contribution in [0.4, 0.5) is 4.39 Å². The molecule has 0 saturated carbocycles. The molecule has 0 atom stereocenters. The molecule has 0 heterocycles. The normalized spacial score (nSPS) is 17.5. The van der Waals surface area contributed by atoms with Crippen molar-refractivity contribution in [3.63, 3.8) is 0 Å². The summed E-state index contributed by atoms with van der Waals surface area (Å²) in [4.78, 5) is 0. The van der Waals surface area contributed by atoms with E-state index >= 15 is 0 Å². The van der Waals surface area contributed by atoms with Crippen LogP contribution in [0, 0.1) is 5.82 Å². The Morgan fingerprint density at radius 2 is 2.00 bits per heavy atom. The molecule has 1 aromatic carbocycles. The number of fused-ring (bicyclic) bond motifs is 1. The molecule has 1 aliphatic rings.